The van der Waals surface area contributed by atoms with Crippen LogP contribution in [0, 0.1) is 0 Å². The van der Waals surface area contributed by atoms with Crippen LogP contribution in [0.25, 0.3) is 0 Å². The third-order valence-electron chi connectivity index (χ3n) is 4.11. The van der Waals surface area contributed by atoms with Gasteiger partial charge in [-0.1, -0.05) is 0 Å². The molecule has 0 aromatic carbocycles. The lowest BCUT2D eigenvalue weighted by atomic mass is 10.2. The van der Waals surface area contributed by atoms with Crippen molar-refractivity contribution in [1.82, 2.24) is 20.4 Å². The maximum Gasteiger partial charge on any atom is 0.216 e. The molecule has 0 bridgehead atoms. The number of nitrogens with zero attached hydrogens (tertiary/aromatic N) is 3. The fraction of sp³-hybridized carbons (Fsp3) is 0.867. The highest BCUT2D eigenvalue weighted by Gasteiger charge is 2.30. The van der Waals surface area contributed by atoms with Crippen LogP contribution in [0.2, 0.25) is 0 Å². The second-order valence-electron chi connectivity index (χ2n) is 5.76. The standard InChI is InChI=1S/C15H29N5O2/c1-3-16-15(18-6-5-17-13(2)21)20-7-4-14(12-20)19-8-10-22-11-9-19/h14H,3-12H2,1-2H3,(H,16,18)(H,17,21). The summed E-state index contributed by atoms with van der Waals surface area (Å²) in [6.45, 7) is 11.5. The van der Waals surface area contributed by atoms with E-state index in [1.54, 1.807) is 0 Å². The van der Waals surface area contributed by atoms with Crippen molar-refractivity contribution in [2.45, 2.75) is 26.3 Å². The van der Waals surface area contributed by atoms with Crippen LogP contribution in [0.15, 0.2) is 4.99 Å². The molecular weight excluding hydrogens is 282 g/mol. The van der Waals surface area contributed by atoms with E-state index in [-0.39, 0.29) is 5.91 Å². The van der Waals surface area contributed by atoms with Gasteiger partial charge < -0.3 is 20.3 Å². The predicted molar refractivity (Wildman–Crippen MR) is 87.0 cm³/mol. The van der Waals surface area contributed by atoms with Crippen LogP contribution in [0.5, 0.6) is 0 Å². The van der Waals surface area contributed by atoms with Crippen molar-refractivity contribution in [1.29, 1.82) is 0 Å². The van der Waals surface area contributed by atoms with Gasteiger partial charge in [0.1, 0.15) is 0 Å². The van der Waals surface area contributed by atoms with E-state index >= 15 is 0 Å². The number of ether oxygens (including phenoxy) is 1. The van der Waals surface area contributed by atoms with Gasteiger partial charge in [0.15, 0.2) is 5.96 Å². The SMILES string of the molecule is CCNC(=NCCNC(C)=O)N1CCC(N2CCOCC2)C1. The molecule has 22 heavy (non-hydrogen) atoms. The smallest absolute Gasteiger partial charge is 0.216 e. The molecule has 7 nitrogen and oxygen atoms in total. The van der Waals surface area contributed by atoms with Gasteiger partial charge in [0.25, 0.3) is 0 Å². The van der Waals surface area contributed by atoms with Crippen molar-refractivity contribution in [2.75, 3.05) is 59.0 Å². The molecule has 1 unspecified atom stereocenters. The monoisotopic (exact) mass is 311 g/mol. The van der Waals surface area contributed by atoms with Crippen molar-refractivity contribution in [3.05, 3.63) is 0 Å². The molecule has 2 aliphatic heterocycles. The van der Waals surface area contributed by atoms with Gasteiger partial charge in [-0.2, -0.15) is 0 Å². The van der Waals surface area contributed by atoms with Gasteiger partial charge in [0.2, 0.25) is 5.91 Å². The molecule has 0 radical (unpaired) electrons. The zero-order valence-electron chi connectivity index (χ0n) is 13.8. The number of aliphatic imine (C=N–C) groups is 1. The molecule has 2 aliphatic rings. The number of rotatable bonds is 5. The Morgan fingerprint density at radius 2 is 2.05 bits per heavy atom. The first-order valence-electron chi connectivity index (χ1n) is 8.30. The maximum absolute atomic E-state index is 10.9. The lowest BCUT2D eigenvalue weighted by molar-refractivity contribution is -0.118. The number of nitrogens with one attached hydrogen (secondary N) is 2. The predicted octanol–water partition coefficient (Wildman–Crippen LogP) is -0.505. The van der Waals surface area contributed by atoms with E-state index in [2.05, 4.69) is 32.3 Å². The Labute approximate surface area is 133 Å². The average molecular weight is 311 g/mol. The van der Waals surface area contributed by atoms with Crippen LogP contribution < -0.4 is 10.6 Å². The van der Waals surface area contributed by atoms with E-state index in [9.17, 15) is 4.79 Å². The lowest BCUT2D eigenvalue weighted by Crippen LogP contribution is -2.46. The van der Waals surface area contributed by atoms with Crippen LogP contribution in [0.3, 0.4) is 0 Å². The number of amides is 1. The van der Waals surface area contributed by atoms with Crippen LogP contribution in [0.1, 0.15) is 20.3 Å². The highest BCUT2D eigenvalue weighted by Crippen LogP contribution is 2.17. The second-order valence-corrected chi connectivity index (χ2v) is 5.76. The zero-order chi connectivity index (χ0) is 15.8. The molecule has 2 saturated heterocycles. The van der Waals surface area contributed by atoms with Crippen LogP contribution >= 0.6 is 0 Å². The Morgan fingerprint density at radius 3 is 2.73 bits per heavy atom. The van der Waals surface area contributed by atoms with Crippen LogP contribution in [0.4, 0.5) is 0 Å². The van der Waals surface area contributed by atoms with Crippen molar-refractivity contribution in [3.8, 4) is 0 Å². The number of likely N-dealkylation sites (tertiary alicyclic amines) is 1. The number of hydrogen-bond donors (Lipinski definition) is 2. The maximum atomic E-state index is 10.9. The van der Waals surface area contributed by atoms with Crippen molar-refractivity contribution in [3.63, 3.8) is 0 Å². The minimum Gasteiger partial charge on any atom is -0.379 e. The normalized spacial score (nSPS) is 23.6. The van der Waals surface area contributed by atoms with Gasteiger partial charge in [-0.25, -0.2) is 0 Å². The van der Waals surface area contributed by atoms with Gasteiger partial charge >= 0.3 is 0 Å². The number of hydrogen-bond acceptors (Lipinski definition) is 4. The summed E-state index contributed by atoms with van der Waals surface area (Å²) in [6.07, 6.45) is 1.18. The fourth-order valence-electron chi connectivity index (χ4n) is 2.99. The molecule has 0 saturated carbocycles. The molecule has 1 amide bonds. The average Bonchev–Trinajstić information content (AvgIpc) is 3.01. The summed E-state index contributed by atoms with van der Waals surface area (Å²) >= 11 is 0. The molecule has 0 aromatic rings. The van der Waals surface area contributed by atoms with E-state index in [1.807, 2.05) is 0 Å². The molecule has 0 aliphatic carbocycles. The summed E-state index contributed by atoms with van der Waals surface area (Å²) < 4.78 is 5.43. The molecule has 2 fully saturated rings. The van der Waals surface area contributed by atoms with E-state index in [4.69, 9.17) is 4.74 Å². The third-order valence-corrected chi connectivity index (χ3v) is 4.11. The van der Waals surface area contributed by atoms with E-state index in [0.717, 1.165) is 51.9 Å². The van der Waals surface area contributed by atoms with E-state index in [0.29, 0.717) is 19.1 Å². The van der Waals surface area contributed by atoms with Gasteiger partial charge in [-0.05, 0) is 13.3 Å². The van der Waals surface area contributed by atoms with Gasteiger partial charge in [0.05, 0.1) is 19.8 Å². The third kappa shape index (κ3) is 5.14. The molecule has 0 aromatic heterocycles. The molecule has 7 heteroatoms. The Kier molecular flexibility index (Phi) is 6.92. The highest BCUT2D eigenvalue weighted by atomic mass is 16.5. The minimum atomic E-state index is -0.00578. The Bertz CT molecular complexity index is 382. The summed E-state index contributed by atoms with van der Waals surface area (Å²) in [5.74, 6) is 0.956. The molecule has 2 heterocycles. The molecule has 2 rings (SSSR count). The lowest BCUT2D eigenvalue weighted by Gasteiger charge is -2.32. The van der Waals surface area contributed by atoms with Crippen LogP contribution in [-0.2, 0) is 9.53 Å². The van der Waals surface area contributed by atoms with Crippen LogP contribution in [-0.4, -0.2) is 86.7 Å². The zero-order valence-corrected chi connectivity index (χ0v) is 13.8. The number of carbonyl (C=O) groups is 1. The minimum absolute atomic E-state index is 0.00578. The van der Waals surface area contributed by atoms with Crippen molar-refractivity contribution >= 4 is 11.9 Å². The Balaban J connectivity index is 1.83. The molecule has 126 valence electrons. The van der Waals surface area contributed by atoms with Gasteiger partial charge in [0, 0.05) is 52.2 Å². The topological polar surface area (TPSA) is 69.2 Å². The van der Waals surface area contributed by atoms with E-state index in [1.165, 1.54) is 13.3 Å². The summed E-state index contributed by atoms with van der Waals surface area (Å²) in [5, 5.41) is 6.14. The first-order valence-corrected chi connectivity index (χ1v) is 8.30. The summed E-state index contributed by atoms with van der Waals surface area (Å²) in [5.41, 5.74) is 0. The summed E-state index contributed by atoms with van der Waals surface area (Å²) in [7, 11) is 0. The fourth-order valence-corrected chi connectivity index (χ4v) is 2.99. The number of guanidine groups is 1. The first-order chi connectivity index (χ1) is 10.7. The molecule has 0 spiro atoms. The van der Waals surface area contributed by atoms with Gasteiger partial charge in [-0.15, -0.1) is 0 Å². The largest absolute Gasteiger partial charge is 0.379 e. The Morgan fingerprint density at radius 1 is 1.27 bits per heavy atom. The molecular formula is C15H29N5O2. The molecule has 2 N–H and O–H groups in total. The highest BCUT2D eigenvalue weighted by molar-refractivity contribution is 5.80. The van der Waals surface area contributed by atoms with Gasteiger partial charge in [-0.3, -0.25) is 14.7 Å². The Hall–Kier alpha value is -1.34. The summed E-state index contributed by atoms with van der Waals surface area (Å²) in [6, 6.07) is 0.600. The molecule has 1 atom stereocenters. The van der Waals surface area contributed by atoms with E-state index < -0.39 is 0 Å². The van der Waals surface area contributed by atoms with Crippen molar-refractivity contribution in [2.24, 2.45) is 4.99 Å². The second kappa shape index (κ2) is 8.95. The first kappa shape index (κ1) is 17.0. The number of carbonyl (C=O) groups excluding carboxylic acids is 1. The number of morpholine rings is 1. The van der Waals surface area contributed by atoms with Crippen molar-refractivity contribution < 1.29 is 9.53 Å². The quantitative estimate of drug-likeness (QED) is 0.407. The summed E-state index contributed by atoms with van der Waals surface area (Å²) in [4.78, 5) is 20.4.